The summed E-state index contributed by atoms with van der Waals surface area (Å²) in [5.74, 6) is 2.45. The van der Waals surface area contributed by atoms with Crippen molar-refractivity contribution in [3.8, 4) is 12.3 Å². The van der Waals surface area contributed by atoms with Crippen molar-refractivity contribution in [1.82, 2.24) is 24.8 Å². The zero-order chi connectivity index (χ0) is 25.4. The third-order valence-electron chi connectivity index (χ3n) is 5.12. The summed E-state index contributed by atoms with van der Waals surface area (Å²) in [4.78, 5) is 26.2. The van der Waals surface area contributed by atoms with Crippen LogP contribution in [0.2, 0.25) is 0 Å². The summed E-state index contributed by atoms with van der Waals surface area (Å²) in [6.45, 7) is 3.78. The van der Waals surface area contributed by atoms with E-state index >= 15 is 0 Å². The third kappa shape index (κ3) is 6.79. The number of nitrogens with one attached hydrogen (secondary N) is 1. The molecule has 0 bridgehead atoms. The van der Waals surface area contributed by atoms with Gasteiger partial charge >= 0.3 is 6.09 Å². The standard InChI is InChI=1S/C25H30N6O4/c1-5-14-30(4)24(33)35-16-19-12-9-13-21-28-29-22(31(19)21)20(27-23(32)25(2,3)26)17-34-15-18-10-7-6-8-11-18/h1,6-13,20H,14-17,26H2,2-4H3,(H,27,32)/t20-/m1/s1. The molecule has 2 aromatic heterocycles. The molecule has 184 valence electrons. The third-order valence-corrected chi connectivity index (χ3v) is 5.12. The molecule has 0 saturated heterocycles. The molecule has 3 aromatic rings. The maximum absolute atomic E-state index is 12.7. The fourth-order valence-electron chi connectivity index (χ4n) is 3.21. The van der Waals surface area contributed by atoms with E-state index in [-0.39, 0.29) is 25.7 Å². The molecule has 0 fully saturated rings. The van der Waals surface area contributed by atoms with Gasteiger partial charge in [-0.3, -0.25) is 9.20 Å². The van der Waals surface area contributed by atoms with Crippen LogP contribution < -0.4 is 11.1 Å². The van der Waals surface area contributed by atoms with E-state index in [2.05, 4.69) is 21.4 Å². The lowest BCUT2D eigenvalue weighted by atomic mass is 10.1. The van der Waals surface area contributed by atoms with Crippen LogP contribution in [0.1, 0.15) is 37.0 Å². The number of pyridine rings is 1. The summed E-state index contributed by atoms with van der Waals surface area (Å²) in [5.41, 5.74) is 7.02. The van der Waals surface area contributed by atoms with Crippen molar-refractivity contribution in [3.05, 3.63) is 65.6 Å². The SMILES string of the molecule is C#CCN(C)C(=O)OCc1cccc2nnc([C@@H](COCc3ccccc3)NC(=O)C(C)(C)N)n12. The minimum Gasteiger partial charge on any atom is -0.443 e. The molecular weight excluding hydrogens is 448 g/mol. The average Bonchev–Trinajstić information content (AvgIpc) is 3.26. The molecule has 0 radical (unpaired) electrons. The monoisotopic (exact) mass is 478 g/mol. The highest BCUT2D eigenvalue weighted by atomic mass is 16.6. The molecule has 2 heterocycles. The number of carbonyl (C=O) groups is 2. The molecule has 10 nitrogen and oxygen atoms in total. The van der Waals surface area contributed by atoms with Crippen molar-refractivity contribution in [2.75, 3.05) is 20.2 Å². The van der Waals surface area contributed by atoms with E-state index in [9.17, 15) is 9.59 Å². The van der Waals surface area contributed by atoms with Crippen molar-refractivity contribution >= 4 is 17.6 Å². The Balaban J connectivity index is 1.86. The second kappa shape index (κ2) is 11.5. The van der Waals surface area contributed by atoms with Crippen molar-refractivity contribution in [3.63, 3.8) is 0 Å². The van der Waals surface area contributed by atoms with Gasteiger partial charge in [0, 0.05) is 7.05 Å². The number of nitrogens with zero attached hydrogens (tertiary/aromatic N) is 4. The largest absolute Gasteiger partial charge is 0.443 e. The molecule has 1 aromatic carbocycles. The van der Waals surface area contributed by atoms with Crippen LogP contribution in [0.15, 0.2) is 48.5 Å². The van der Waals surface area contributed by atoms with Crippen molar-refractivity contribution in [2.45, 2.75) is 38.6 Å². The maximum atomic E-state index is 12.7. The summed E-state index contributed by atoms with van der Waals surface area (Å²) in [5, 5.41) is 11.4. The summed E-state index contributed by atoms with van der Waals surface area (Å²) in [6, 6.07) is 14.4. The van der Waals surface area contributed by atoms with E-state index in [0.29, 0.717) is 23.8 Å². The molecule has 3 N–H and O–H groups in total. The molecule has 2 amide bonds. The van der Waals surface area contributed by atoms with Gasteiger partial charge in [-0.2, -0.15) is 0 Å². The first-order valence-electron chi connectivity index (χ1n) is 11.1. The summed E-state index contributed by atoms with van der Waals surface area (Å²) in [6.07, 6.45) is 4.70. The summed E-state index contributed by atoms with van der Waals surface area (Å²) in [7, 11) is 1.55. The number of carbonyl (C=O) groups excluding carboxylic acids is 2. The molecule has 0 unspecified atom stereocenters. The Morgan fingerprint density at radius 3 is 2.60 bits per heavy atom. The van der Waals surface area contributed by atoms with Gasteiger partial charge in [-0.1, -0.05) is 42.3 Å². The lowest BCUT2D eigenvalue weighted by Crippen LogP contribution is -2.51. The molecule has 0 aliphatic rings. The molecule has 0 aliphatic heterocycles. The second-order valence-corrected chi connectivity index (χ2v) is 8.63. The van der Waals surface area contributed by atoms with Gasteiger partial charge in [0.15, 0.2) is 11.5 Å². The Kier molecular flexibility index (Phi) is 8.41. The molecule has 0 spiro atoms. The van der Waals surface area contributed by atoms with Crippen LogP contribution >= 0.6 is 0 Å². The van der Waals surface area contributed by atoms with Gasteiger partial charge < -0.3 is 25.4 Å². The average molecular weight is 479 g/mol. The highest BCUT2D eigenvalue weighted by molar-refractivity contribution is 5.85. The van der Waals surface area contributed by atoms with Crippen LogP contribution in [0.5, 0.6) is 0 Å². The normalized spacial score (nSPS) is 12.1. The van der Waals surface area contributed by atoms with Crippen LogP contribution in [0.25, 0.3) is 5.65 Å². The molecule has 1 atom stereocenters. The molecule has 3 rings (SSSR count). The van der Waals surface area contributed by atoms with Gasteiger partial charge in [0.05, 0.1) is 31.0 Å². The van der Waals surface area contributed by atoms with E-state index < -0.39 is 17.7 Å². The molecule has 0 aliphatic carbocycles. The number of rotatable bonds is 10. The van der Waals surface area contributed by atoms with Crippen LogP contribution in [0.4, 0.5) is 4.79 Å². The lowest BCUT2D eigenvalue weighted by Gasteiger charge is -2.24. The second-order valence-electron chi connectivity index (χ2n) is 8.63. The van der Waals surface area contributed by atoms with Crippen molar-refractivity contribution in [1.29, 1.82) is 0 Å². The topological polar surface area (TPSA) is 124 Å². The van der Waals surface area contributed by atoms with Crippen molar-refractivity contribution < 1.29 is 19.1 Å². The Labute approximate surface area is 204 Å². The molecule has 0 saturated carbocycles. The number of terminal acetylenes is 1. The Bertz CT molecular complexity index is 1200. The van der Waals surface area contributed by atoms with E-state index in [1.165, 1.54) is 4.90 Å². The minimum absolute atomic E-state index is 0.0515. The first-order chi connectivity index (χ1) is 16.7. The van der Waals surface area contributed by atoms with Gasteiger partial charge in [-0.15, -0.1) is 16.6 Å². The molecular formula is C25H30N6O4. The molecule has 10 heteroatoms. The highest BCUT2D eigenvalue weighted by Gasteiger charge is 2.28. The number of hydrogen-bond donors (Lipinski definition) is 2. The number of hydrogen-bond acceptors (Lipinski definition) is 7. The fraction of sp³-hybridized carbons (Fsp3) is 0.360. The van der Waals surface area contributed by atoms with Crippen LogP contribution in [-0.4, -0.2) is 57.2 Å². The highest BCUT2D eigenvalue weighted by Crippen LogP contribution is 2.18. The van der Waals surface area contributed by atoms with Crippen molar-refractivity contribution in [2.24, 2.45) is 5.73 Å². The first kappa shape index (κ1) is 25.7. The van der Waals surface area contributed by atoms with E-state index in [1.54, 1.807) is 43.5 Å². The zero-order valence-electron chi connectivity index (χ0n) is 20.1. The van der Waals surface area contributed by atoms with Gasteiger partial charge in [0.1, 0.15) is 12.6 Å². The smallest absolute Gasteiger partial charge is 0.410 e. The predicted molar refractivity (Wildman–Crippen MR) is 130 cm³/mol. The first-order valence-corrected chi connectivity index (χ1v) is 11.1. The number of nitrogens with two attached hydrogens (primary N) is 1. The Morgan fingerprint density at radius 2 is 1.91 bits per heavy atom. The zero-order valence-corrected chi connectivity index (χ0v) is 20.1. The fourth-order valence-corrected chi connectivity index (χ4v) is 3.21. The van der Waals surface area contributed by atoms with Crippen LogP contribution in [-0.2, 0) is 27.5 Å². The van der Waals surface area contributed by atoms with Gasteiger partial charge in [0.2, 0.25) is 5.91 Å². The number of aromatic nitrogens is 3. The van der Waals surface area contributed by atoms with E-state index in [1.807, 2.05) is 30.3 Å². The Hall–Kier alpha value is -3.94. The van der Waals surface area contributed by atoms with Gasteiger partial charge in [-0.05, 0) is 31.5 Å². The lowest BCUT2D eigenvalue weighted by molar-refractivity contribution is -0.126. The van der Waals surface area contributed by atoms with Gasteiger partial charge in [0.25, 0.3) is 0 Å². The number of benzene rings is 1. The summed E-state index contributed by atoms with van der Waals surface area (Å²) < 4.78 is 13.1. The number of fused-ring (bicyclic) bond motifs is 1. The molecule has 35 heavy (non-hydrogen) atoms. The van der Waals surface area contributed by atoms with Crippen LogP contribution in [0.3, 0.4) is 0 Å². The maximum Gasteiger partial charge on any atom is 0.410 e. The number of ether oxygens (including phenoxy) is 2. The van der Waals surface area contributed by atoms with E-state index in [4.69, 9.17) is 21.6 Å². The number of amides is 2. The van der Waals surface area contributed by atoms with Gasteiger partial charge in [-0.25, -0.2) is 4.79 Å². The van der Waals surface area contributed by atoms with E-state index in [0.717, 1.165) is 5.56 Å². The minimum atomic E-state index is -1.11. The predicted octanol–water partition coefficient (Wildman–Crippen LogP) is 2.04. The van der Waals surface area contributed by atoms with Crippen LogP contribution in [0, 0.1) is 12.3 Å². The summed E-state index contributed by atoms with van der Waals surface area (Å²) >= 11 is 0. The Morgan fingerprint density at radius 1 is 1.17 bits per heavy atom. The quantitative estimate of drug-likeness (QED) is 0.427.